The summed E-state index contributed by atoms with van der Waals surface area (Å²) >= 11 is 0. The number of benzene rings is 2. The van der Waals surface area contributed by atoms with Gasteiger partial charge in [-0.1, -0.05) is 12.1 Å². The molecule has 0 atom stereocenters. The molecule has 0 unspecified atom stereocenters. The molecule has 0 aliphatic rings. The van der Waals surface area contributed by atoms with E-state index in [2.05, 4.69) is 20.6 Å². The van der Waals surface area contributed by atoms with Crippen molar-refractivity contribution in [3.05, 3.63) is 102 Å². The van der Waals surface area contributed by atoms with E-state index >= 15 is 0 Å². The highest BCUT2D eigenvalue weighted by Crippen LogP contribution is 2.24. The van der Waals surface area contributed by atoms with Gasteiger partial charge in [-0.25, -0.2) is 4.39 Å². The van der Waals surface area contributed by atoms with Crippen LogP contribution >= 0.6 is 0 Å². The highest BCUT2D eigenvalue weighted by atomic mass is 19.1. The number of carbonyl (C=O) groups is 2. The minimum Gasteiger partial charge on any atom is -0.457 e. The lowest BCUT2D eigenvalue weighted by molar-refractivity contribution is 0.0957. The molecule has 0 saturated carbocycles. The van der Waals surface area contributed by atoms with Crippen LogP contribution in [0.5, 0.6) is 11.5 Å². The van der Waals surface area contributed by atoms with Crippen molar-refractivity contribution in [2.45, 2.75) is 0 Å². The van der Waals surface area contributed by atoms with Gasteiger partial charge < -0.3 is 15.4 Å². The SMILES string of the molecule is CNC(=O)c1cc(Oc2ccc(NC(=O)c3cc(-c4cccc(F)c4)ccn3)cc2)ccn1. The van der Waals surface area contributed by atoms with E-state index in [0.29, 0.717) is 28.3 Å². The predicted molar refractivity (Wildman–Crippen MR) is 122 cm³/mol. The lowest BCUT2D eigenvalue weighted by Gasteiger charge is -2.09. The Bertz CT molecular complexity index is 1310. The Morgan fingerprint density at radius 1 is 0.788 bits per heavy atom. The van der Waals surface area contributed by atoms with Crippen molar-refractivity contribution in [2.24, 2.45) is 0 Å². The molecule has 4 rings (SSSR count). The summed E-state index contributed by atoms with van der Waals surface area (Å²) in [6, 6.07) is 19.4. The maximum atomic E-state index is 13.5. The number of halogens is 1. The van der Waals surface area contributed by atoms with Crippen LogP contribution in [0.3, 0.4) is 0 Å². The molecule has 4 aromatic rings. The topological polar surface area (TPSA) is 93.2 Å². The highest BCUT2D eigenvalue weighted by molar-refractivity contribution is 6.03. The number of amides is 2. The van der Waals surface area contributed by atoms with Gasteiger partial charge in [0.25, 0.3) is 11.8 Å². The second kappa shape index (κ2) is 9.69. The first kappa shape index (κ1) is 21.6. The number of nitrogens with zero attached hydrogens (tertiary/aromatic N) is 2. The number of aromatic nitrogens is 2. The fourth-order valence-electron chi connectivity index (χ4n) is 3.07. The van der Waals surface area contributed by atoms with Crippen LogP contribution in [0.2, 0.25) is 0 Å². The molecular weight excluding hydrogens is 423 g/mol. The minimum atomic E-state index is -0.397. The third-order valence-corrected chi connectivity index (χ3v) is 4.69. The monoisotopic (exact) mass is 442 g/mol. The summed E-state index contributed by atoms with van der Waals surface area (Å²) in [4.78, 5) is 32.5. The van der Waals surface area contributed by atoms with Crippen LogP contribution in [-0.2, 0) is 0 Å². The molecule has 8 heteroatoms. The van der Waals surface area contributed by atoms with Crippen LogP contribution < -0.4 is 15.4 Å². The predicted octanol–water partition coefficient (Wildman–Crippen LogP) is 4.69. The van der Waals surface area contributed by atoms with Crippen LogP contribution in [0.15, 0.2) is 85.2 Å². The quantitative estimate of drug-likeness (QED) is 0.452. The lowest BCUT2D eigenvalue weighted by Crippen LogP contribution is -2.18. The summed E-state index contributed by atoms with van der Waals surface area (Å²) in [6.45, 7) is 0. The smallest absolute Gasteiger partial charge is 0.274 e. The summed E-state index contributed by atoms with van der Waals surface area (Å²) in [7, 11) is 1.53. The Morgan fingerprint density at radius 3 is 2.21 bits per heavy atom. The zero-order valence-corrected chi connectivity index (χ0v) is 17.6. The second-order valence-electron chi connectivity index (χ2n) is 6.98. The molecule has 2 heterocycles. The van der Waals surface area contributed by atoms with Gasteiger partial charge in [0.2, 0.25) is 0 Å². The third-order valence-electron chi connectivity index (χ3n) is 4.69. The molecule has 2 aromatic heterocycles. The summed E-state index contributed by atoms with van der Waals surface area (Å²) < 4.78 is 19.3. The molecule has 33 heavy (non-hydrogen) atoms. The summed E-state index contributed by atoms with van der Waals surface area (Å²) in [5, 5.41) is 5.28. The molecule has 164 valence electrons. The van der Waals surface area contributed by atoms with Gasteiger partial charge in [0.05, 0.1) is 0 Å². The molecule has 0 saturated heterocycles. The fraction of sp³-hybridized carbons (Fsp3) is 0.0400. The highest BCUT2D eigenvalue weighted by Gasteiger charge is 2.11. The van der Waals surface area contributed by atoms with Gasteiger partial charge in [0.15, 0.2) is 0 Å². The first-order chi connectivity index (χ1) is 16.0. The molecule has 2 aromatic carbocycles. The van der Waals surface area contributed by atoms with Crippen LogP contribution in [0.25, 0.3) is 11.1 Å². The zero-order valence-electron chi connectivity index (χ0n) is 17.6. The van der Waals surface area contributed by atoms with Crippen LogP contribution in [0.1, 0.15) is 21.0 Å². The molecule has 0 radical (unpaired) electrons. The van der Waals surface area contributed by atoms with Gasteiger partial charge in [-0.15, -0.1) is 0 Å². The largest absolute Gasteiger partial charge is 0.457 e. The van der Waals surface area contributed by atoms with E-state index in [0.717, 1.165) is 0 Å². The van der Waals surface area contributed by atoms with Gasteiger partial charge >= 0.3 is 0 Å². The van der Waals surface area contributed by atoms with Crippen molar-refractivity contribution in [3.8, 4) is 22.6 Å². The number of hydrogen-bond acceptors (Lipinski definition) is 5. The minimum absolute atomic E-state index is 0.204. The molecule has 7 nitrogen and oxygen atoms in total. The van der Waals surface area contributed by atoms with Crippen molar-refractivity contribution in [1.29, 1.82) is 0 Å². The zero-order chi connectivity index (χ0) is 23.2. The molecule has 0 bridgehead atoms. The molecule has 2 amide bonds. The fourth-order valence-corrected chi connectivity index (χ4v) is 3.07. The third kappa shape index (κ3) is 5.37. The van der Waals surface area contributed by atoms with E-state index in [4.69, 9.17) is 4.74 Å². The van der Waals surface area contributed by atoms with Crippen molar-refractivity contribution in [2.75, 3.05) is 12.4 Å². The van der Waals surface area contributed by atoms with Crippen LogP contribution in [0.4, 0.5) is 10.1 Å². The number of pyridine rings is 2. The number of ether oxygens (including phenoxy) is 1. The molecule has 0 aliphatic carbocycles. The van der Waals surface area contributed by atoms with Gasteiger partial charge in [0, 0.05) is 31.2 Å². The Hall–Kier alpha value is -4.59. The van der Waals surface area contributed by atoms with Gasteiger partial charge in [-0.05, 0) is 65.7 Å². The summed E-state index contributed by atoms with van der Waals surface area (Å²) in [5.74, 6) is -0.0823. The average molecular weight is 442 g/mol. The van der Waals surface area contributed by atoms with Crippen molar-refractivity contribution < 1.29 is 18.7 Å². The van der Waals surface area contributed by atoms with Crippen molar-refractivity contribution in [1.82, 2.24) is 15.3 Å². The van der Waals surface area contributed by atoms with Crippen molar-refractivity contribution >= 4 is 17.5 Å². The molecule has 0 spiro atoms. The maximum absolute atomic E-state index is 13.5. The molecule has 2 N–H and O–H groups in total. The van der Waals surface area contributed by atoms with E-state index in [1.165, 1.54) is 37.6 Å². The lowest BCUT2D eigenvalue weighted by atomic mass is 10.1. The Kier molecular flexibility index (Phi) is 6.36. The summed E-state index contributed by atoms with van der Waals surface area (Å²) in [5.41, 5.74) is 2.34. The molecule has 0 aliphatic heterocycles. The Labute approximate surface area is 189 Å². The number of hydrogen-bond donors (Lipinski definition) is 2. The normalized spacial score (nSPS) is 10.4. The van der Waals surface area contributed by atoms with Crippen LogP contribution in [-0.4, -0.2) is 28.8 Å². The molecular formula is C25H19FN4O3. The van der Waals surface area contributed by atoms with Crippen LogP contribution in [0, 0.1) is 5.82 Å². The number of nitrogens with one attached hydrogen (secondary N) is 2. The second-order valence-corrected chi connectivity index (χ2v) is 6.98. The number of rotatable bonds is 6. The maximum Gasteiger partial charge on any atom is 0.274 e. The number of carbonyl (C=O) groups excluding carboxylic acids is 2. The number of anilines is 1. The van der Waals surface area contributed by atoms with E-state index in [-0.39, 0.29) is 23.1 Å². The van der Waals surface area contributed by atoms with Gasteiger partial charge in [-0.2, -0.15) is 0 Å². The molecule has 0 fully saturated rings. The Balaban J connectivity index is 1.44. The Morgan fingerprint density at radius 2 is 1.48 bits per heavy atom. The standard InChI is InChI=1S/C25H19FN4O3/c1-27-24(31)23-15-21(10-12-29-23)33-20-7-5-19(6-8-20)30-25(32)22-14-17(9-11-28-22)16-3-2-4-18(26)13-16/h2-15H,1H3,(H,27,31)(H,30,32). The first-order valence-corrected chi connectivity index (χ1v) is 10.0. The van der Waals surface area contributed by atoms with E-state index in [1.54, 1.807) is 54.6 Å². The van der Waals surface area contributed by atoms with Gasteiger partial charge in [0.1, 0.15) is 28.7 Å². The first-order valence-electron chi connectivity index (χ1n) is 10.0. The van der Waals surface area contributed by atoms with E-state index in [1.807, 2.05) is 0 Å². The van der Waals surface area contributed by atoms with Gasteiger partial charge in [-0.3, -0.25) is 19.6 Å². The van der Waals surface area contributed by atoms with E-state index < -0.39 is 5.91 Å². The van der Waals surface area contributed by atoms with E-state index in [9.17, 15) is 14.0 Å². The average Bonchev–Trinajstić information content (AvgIpc) is 2.85. The summed E-state index contributed by atoms with van der Waals surface area (Å²) in [6.07, 6.45) is 2.99. The van der Waals surface area contributed by atoms with Crippen molar-refractivity contribution in [3.63, 3.8) is 0 Å².